The Kier molecular flexibility index (Phi) is 5.27. The minimum absolute atomic E-state index is 0.749. The van der Waals surface area contributed by atoms with Crippen molar-refractivity contribution in [2.45, 2.75) is 13.0 Å². The minimum atomic E-state index is 0.749. The van der Waals surface area contributed by atoms with Gasteiger partial charge in [-0.1, -0.05) is 18.2 Å². The van der Waals surface area contributed by atoms with Gasteiger partial charge in [-0.25, -0.2) is 0 Å². The zero-order valence-corrected chi connectivity index (χ0v) is 10.5. The molecule has 2 rings (SSSR count). The van der Waals surface area contributed by atoms with Gasteiger partial charge >= 0.3 is 0 Å². The van der Waals surface area contributed by atoms with Gasteiger partial charge in [-0.2, -0.15) is 5.10 Å². The van der Waals surface area contributed by atoms with E-state index in [2.05, 4.69) is 10.4 Å². The zero-order chi connectivity index (χ0) is 12.5. The molecule has 0 radical (unpaired) electrons. The van der Waals surface area contributed by atoms with E-state index >= 15 is 0 Å². The van der Waals surface area contributed by atoms with Crippen LogP contribution in [0.5, 0.6) is 5.75 Å². The summed E-state index contributed by atoms with van der Waals surface area (Å²) < 4.78 is 7.52. The summed E-state index contributed by atoms with van der Waals surface area (Å²) in [6.45, 7) is 3.56. The predicted octanol–water partition coefficient (Wildman–Crippen LogP) is 1.94. The molecule has 0 atom stereocenters. The monoisotopic (exact) mass is 245 g/mol. The molecule has 2 aromatic rings. The molecule has 0 amide bonds. The van der Waals surface area contributed by atoms with E-state index in [4.69, 9.17) is 4.74 Å². The van der Waals surface area contributed by atoms with Gasteiger partial charge in [0, 0.05) is 18.9 Å². The van der Waals surface area contributed by atoms with Crippen LogP contribution in [-0.4, -0.2) is 29.5 Å². The van der Waals surface area contributed by atoms with Gasteiger partial charge in [-0.3, -0.25) is 4.68 Å². The van der Waals surface area contributed by atoms with Crippen LogP contribution in [0.4, 0.5) is 0 Å². The maximum atomic E-state index is 5.60. The van der Waals surface area contributed by atoms with Gasteiger partial charge in [0.15, 0.2) is 0 Å². The van der Waals surface area contributed by atoms with E-state index in [1.54, 1.807) is 6.20 Å². The lowest BCUT2D eigenvalue weighted by molar-refractivity contribution is 0.307. The van der Waals surface area contributed by atoms with E-state index in [1.165, 1.54) is 0 Å². The van der Waals surface area contributed by atoms with E-state index < -0.39 is 0 Å². The zero-order valence-electron chi connectivity index (χ0n) is 10.5. The maximum Gasteiger partial charge on any atom is 0.119 e. The van der Waals surface area contributed by atoms with Gasteiger partial charge < -0.3 is 10.1 Å². The number of nitrogens with one attached hydrogen (secondary N) is 1. The SMILES string of the molecule is c1ccc(OCCCNCCn2cccn2)cc1. The number of ether oxygens (including phenoxy) is 1. The summed E-state index contributed by atoms with van der Waals surface area (Å²) in [5, 5.41) is 7.51. The molecule has 18 heavy (non-hydrogen) atoms. The van der Waals surface area contributed by atoms with Crippen LogP contribution < -0.4 is 10.1 Å². The summed E-state index contributed by atoms with van der Waals surface area (Å²) in [6.07, 6.45) is 4.78. The highest BCUT2D eigenvalue weighted by molar-refractivity contribution is 5.20. The average Bonchev–Trinajstić information content (AvgIpc) is 2.92. The quantitative estimate of drug-likeness (QED) is 0.722. The Morgan fingerprint density at radius 1 is 1.11 bits per heavy atom. The molecule has 0 bridgehead atoms. The number of benzene rings is 1. The molecule has 96 valence electrons. The molecule has 1 N–H and O–H groups in total. The molecule has 0 spiro atoms. The molecule has 0 aliphatic heterocycles. The molecule has 0 aliphatic rings. The lowest BCUT2D eigenvalue weighted by Crippen LogP contribution is -2.22. The predicted molar refractivity (Wildman–Crippen MR) is 71.7 cm³/mol. The van der Waals surface area contributed by atoms with Crippen LogP contribution in [0.1, 0.15) is 6.42 Å². The topological polar surface area (TPSA) is 39.1 Å². The third-order valence-electron chi connectivity index (χ3n) is 2.59. The van der Waals surface area contributed by atoms with Crippen molar-refractivity contribution < 1.29 is 4.74 Å². The minimum Gasteiger partial charge on any atom is -0.494 e. The molecule has 1 aromatic heterocycles. The summed E-state index contributed by atoms with van der Waals surface area (Å²) in [6, 6.07) is 11.9. The van der Waals surface area contributed by atoms with E-state index in [0.29, 0.717) is 0 Å². The van der Waals surface area contributed by atoms with Crippen molar-refractivity contribution in [3.05, 3.63) is 48.8 Å². The molecule has 0 fully saturated rings. The number of hydrogen-bond acceptors (Lipinski definition) is 3. The van der Waals surface area contributed by atoms with Crippen LogP contribution in [-0.2, 0) is 6.54 Å². The van der Waals surface area contributed by atoms with Gasteiger partial charge in [-0.05, 0) is 31.2 Å². The largest absolute Gasteiger partial charge is 0.494 e. The van der Waals surface area contributed by atoms with E-state index in [1.807, 2.05) is 47.3 Å². The first kappa shape index (κ1) is 12.6. The van der Waals surface area contributed by atoms with Crippen molar-refractivity contribution in [2.75, 3.05) is 19.7 Å². The van der Waals surface area contributed by atoms with Gasteiger partial charge in [-0.15, -0.1) is 0 Å². The Labute approximate surface area is 108 Å². The molecule has 4 nitrogen and oxygen atoms in total. The van der Waals surface area contributed by atoms with Crippen LogP contribution in [0.2, 0.25) is 0 Å². The molecule has 0 unspecified atom stereocenters. The van der Waals surface area contributed by atoms with Crippen molar-refractivity contribution in [1.29, 1.82) is 0 Å². The fourth-order valence-electron chi connectivity index (χ4n) is 1.66. The third kappa shape index (κ3) is 4.59. The van der Waals surface area contributed by atoms with Crippen LogP contribution in [0.25, 0.3) is 0 Å². The van der Waals surface area contributed by atoms with Crippen LogP contribution >= 0.6 is 0 Å². The first-order chi connectivity index (χ1) is 8.95. The average molecular weight is 245 g/mol. The van der Waals surface area contributed by atoms with Crippen LogP contribution in [0, 0.1) is 0 Å². The summed E-state index contributed by atoms with van der Waals surface area (Å²) in [5.74, 6) is 0.939. The highest BCUT2D eigenvalue weighted by atomic mass is 16.5. The first-order valence-corrected chi connectivity index (χ1v) is 6.31. The standard InChI is InChI=1S/C14H19N3O/c1-2-6-14(7-3-1)18-13-5-8-15-10-12-17-11-4-9-16-17/h1-4,6-7,9,11,15H,5,8,10,12-13H2. The second-order valence-corrected chi connectivity index (χ2v) is 4.03. The van der Waals surface area contributed by atoms with E-state index in [-0.39, 0.29) is 0 Å². The van der Waals surface area contributed by atoms with Gasteiger partial charge in [0.25, 0.3) is 0 Å². The van der Waals surface area contributed by atoms with Crippen molar-refractivity contribution in [1.82, 2.24) is 15.1 Å². The Bertz CT molecular complexity index is 414. The Balaban J connectivity index is 1.47. The Hall–Kier alpha value is -1.81. The smallest absolute Gasteiger partial charge is 0.119 e. The molecular formula is C14H19N3O. The molecule has 0 saturated carbocycles. The number of nitrogens with zero attached hydrogens (tertiary/aromatic N) is 2. The highest BCUT2D eigenvalue weighted by Gasteiger charge is 1.93. The summed E-state index contributed by atoms with van der Waals surface area (Å²) in [4.78, 5) is 0. The Morgan fingerprint density at radius 3 is 2.78 bits per heavy atom. The van der Waals surface area contributed by atoms with Crippen molar-refractivity contribution in [3.63, 3.8) is 0 Å². The summed E-state index contributed by atoms with van der Waals surface area (Å²) in [7, 11) is 0. The lowest BCUT2D eigenvalue weighted by atomic mass is 10.3. The number of aromatic nitrogens is 2. The second-order valence-electron chi connectivity index (χ2n) is 4.03. The van der Waals surface area contributed by atoms with Crippen molar-refractivity contribution in [2.24, 2.45) is 0 Å². The maximum absolute atomic E-state index is 5.60. The van der Waals surface area contributed by atoms with Crippen LogP contribution in [0.3, 0.4) is 0 Å². The molecular weight excluding hydrogens is 226 g/mol. The van der Waals surface area contributed by atoms with Crippen LogP contribution in [0.15, 0.2) is 48.8 Å². The third-order valence-corrected chi connectivity index (χ3v) is 2.59. The number of rotatable bonds is 8. The Morgan fingerprint density at radius 2 is 2.00 bits per heavy atom. The summed E-state index contributed by atoms with van der Waals surface area (Å²) >= 11 is 0. The normalized spacial score (nSPS) is 10.4. The molecule has 1 heterocycles. The van der Waals surface area contributed by atoms with Crippen molar-refractivity contribution in [3.8, 4) is 5.75 Å². The second kappa shape index (κ2) is 7.50. The molecule has 0 saturated heterocycles. The number of hydrogen-bond donors (Lipinski definition) is 1. The summed E-state index contributed by atoms with van der Waals surface area (Å²) in [5.41, 5.74) is 0. The molecule has 0 aliphatic carbocycles. The highest BCUT2D eigenvalue weighted by Crippen LogP contribution is 2.07. The van der Waals surface area contributed by atoms with E-state index in [9.17, 15) is 0 Å². The van der Waals surface area contributed by atoms with Gasteiger partial charge in [0.2, 0.25) is 0 Å². The fraction of sp³-hybridized carbons (Fsp3) is 0.357. The molecule has 4 heteroatoms. The first-order valence-electron chi connectivity index (χ1n) is 6.31. The van der Waals surface area contributed by atoms with Crippen molar-refractivity contribution >= 4 is 0 Å². The number of para-hydroxylation sites is 1. The van der Waals surface area contributed by atoms with Gasteiger partial charge in [0.05, 0.1) is 13.2 Å². The van der Waals surface area contributed by atoms with E-state index in [0.717, 1.165) is 38.4 Å². The molecule has 1 aromatic carbocycles. The van der Waals surface area contributed by atoms with Gasteiger partial charge in [0.1, 0.15) is 5.75 Å². The fourth-order valence-corrected chi connectivity index (χ4v) is 1.66. The lowest BCUT2D eigenvalue weighted by Gasteiger charge is -2.07.